The van der Waals surface area contributed by atoms with E-state index >= 15 is 0 Å². The summed E-state index contributed by atoms with van der Waals surface area (Å²) in [4.78, 5) is 2.13. The Bertz CT molecular complexity index is 369. The molecule has 0 aromatic carbocycles. The van der Waals surface area contributed by atoms with Gasteiger partial charge < -0.3 is 20.4 Å². The van der Waals surface area contributed by atoms with Gasteiger partial charge in [0.25, 0.3) is 0 Å². The Morgan fingerprint density at radius 3 is 3.12 bits per heavy atom. The second kappa shape index (κ2) is 5.01. The lowest BCUT2D eigenvalue weighted by atomic mass is 10.1. The fourth-order valence-electron chi connectivity index (χ4n) is 1.63. The number of nitrogens with one attached hydrogen (secondary N) is 1. The van der Waals surface area contributed by atoms with Crippen LogP contribution in [0.2, 0.25) is 0 Å². The number of nitrogens with zero attached hydrogens (tertiary/aromatic N) is 1. The third kappa shape index (κ3) is 2.53. The summed E-state index contributed by atoms with van der Waals surface area (Å²) in [7, 11) is 0. The average molecular weight is 220 g/mol. The number of aliphatic hydroxyl groups excluding tert-OH is 2. The van der Waals surface area contributed by atoms with Crippen LogP contribution in [0.15, 0.2) is 48.0 Å². The van der Waals surface area contributed by atoms with Crippen LogP contribution < -0.4 is 5.32 Å². The van der Waals surface area contributed by atoms with E-state index in [-0.39, 0.29) is 6.61 Å². The first kappa shape index (κ1) is 11.0. The first-order valence-electron chi connectivity index (χ1n) is 5.36. The highest BCUT2D eigenvalue weighted by Gasteiger charge is 2.11. The smallest absolute Gasteiger partial charge is 0.0942 e. The van der Waals surface area contributed by atoms with Gasteiger partial charge in [0, 0.05) is 30.7 Å². The zero-order valence-corrected chi connectivity index (χ0v) is 9.00. The summed E-state index contributed by atoms with van der Waals surface area (Å²) in [5.41, 5.74) is 2.12. The summed E-state index contributed by atoms with van der Waals surface area (Å²) in [6.45, 7) is 0.974. The van der Waals surface area contributed by atoms with Gasteiger partial charge >= 0.3 is 0 Å². The molecule has 0 bridgehead atoms. The molecular formula is C12H16N2O2. The van der Waals surface area contributed by atoms with E-state index < -0.39 is 6.10 Å². The van der Waals surface area contributed by atoms with E-state index in [1.807, 2.05) is 30.5 Å². The molecule has 0 fully saturated rings. The highest BCUT2D eigenvalue weighted by atomic mass is 16.3. The first-order chi connectivity index (χ1) is 7.79. The van der Waals surface area contributed by atoms with Gasteiger partial charge in [-0.3, -0.25) is 0 Å². The molecule has 0 aromatic rings. The van der Waals surface area contributed by atoms with Crippen molar-refractivity contribution in [1.82, 2.24) is 10.2 Å². The van der Waals surface area contributed by atoms with Gasteiger partial charge in [-0.05, 0) is 24.3 Å². The second-order valence-corrected chi connectivity index (χ2v) is 3.80. The van der Waals surface area contributed by atoms with Gasteiger partial charge in [-0.1, -0.05) is 6.08 Å². The molecule has 1 unspecified atom stereocenters. The van der Waals surface area contributed by atoms with Crippen molar-refractivity contribution in [3.63, 3.8) is 0 Å². The van der Waals surface area contributed by atoms with E-state index in [9.17, 15) is 5.11 Å². The van der Waals surface area contributed by atoms with Gasteiger partial charge in [0.15, 0.2) is 0 Å². The highest BCUT2D eigenvalue weighted by Crippen LogP contribution is 2.18. The number of rotatable bonds is 4. The van der Waals surface area contributed by atoms with Gasteiger partial charge in [0.05, 0.1) is 12.7 Å². The molecule has 0 amide bonds. The van der Waals surface area contributed by atoms with Crippen LogP contribution in [0.1, 0.15) is 0 Å². The monoisotopic (exact) mass is 220 g/mol. The number of hydrogen-bond donors (Lipinski definition) is 3. The summed E-state index contributed by atoms with van der Waals surface area (Å²) >= 11 is 0. The summed E-state index contributed by atoms with van der Waals surface area (Å²) in [6, 6.07) is 0. The maximum atomic E-state index is 9.23. The van der Waals surface area contributed by atoms with Crippen molar-refractivity contribution in [1.29, 1.82) is 0 Å². The van der Waals surface area contributed by atoms with Crippen molar-refractivity contribution in [3.8, 4) is 0 Å². The largest absolute Gasteiger partial charge is 0.394 e. The van der Waals surface area contributed by atoms with Gasteiger partial charge in [-0.2, -0.15) is 0 Å². The van der Waals surface area contributed by atoms with Crippen molar-refractivity contribution in [2.45, 2.75) is 6.10 Å². The van der Waals surface area contributed by atoms with Crippen LogP contribution in [0.4, 0.5) is 0 Å². The minimum absolute atomic E-state index is 0.217. The van der Waals surface area contributed by atoms with E-state index in [0.29, 0.717) is 6.54 Å². The Morgan fingerprint density at radius 2 is 2.31 bits per heavy atom. The Balaban J connectivity index is 1.94. The average Bonchev–Trinajstić information content (AvgIpc) is 2.35. The Kier molecular flexibility index (Phi) is 3.44. The topological polar surface area (TPSA) is 55.7 Å². The first-order valence-corrected chi connectivity index (χ1v) is 5.36. The summed E-state index contributed by atoms with van der Waals surface area (Å²) in [6.07, 6.45) is 11.4. The van der Waals surface area contributed by atoms with Crippen LogP contribution in [0, 0.1) is 0 Å². The SMILES string of the molecule is OCC(O)CNC1=CCN2C=CC=CC2=C1. The van der Waals surface area contributed by atoms with Crippen LogP contribution in [0.25, 0.3) is 0 Å². The van der Waals surface area contributed by atoms with E-state index in [0.717, 1.165) is 17.9 Å². The normalized spacial score (nSPS) is 20.0. The molecule has 2 rings (SSSR count). The molecule has 0 radical (unpaired) electrons. The van der Waals surface area contributed by atoms with E-state index in [1.54, 1.807) is 0 Å². The standard InChI is InChI=1S/C12H16N2O2/c15-9-12(16)8-13-10-4-6-14-5-2-1-3-11(14)7-10/h1-5,7,12-13,15-16H,6,8-9H2. The number of aliphatic hydroxyl groups is 2. The van der Waals surface area contributed by atoms with Crippen LogP contribution in [-0.2, 0) is 0 Å². The molecule has 86 valence electrons. The van der Waals surface area contributed by atoms with Crippen LogP contribution in [0.3, 0.4) is 0 Å². The van der Waals surface area contributed by atoms with E-state index in [4.69, 9.17) is 5.11 Å². The summed E-state index contributed by atoms with van der Waals surface area (Å²) < 4.78 is 0. The van der Waals surface area contributed by atoms with Gasteiger partial charge in [0.1, 0.15) is 0 Å². The Hall–Kier alpha value is -1.52. The fraction of sp³-hybridized carbons (Fsp3) is 0.333. The molecule has 0 saturated heterocycles. The molecule has 16 heavy (non-hydrogen) atoms. The molecule has 1 atom stereocenters. The predicted octanol–water partition coefficient (Wildman–Crippen LogP) is 0.0961. The summed E-state index contributed by atoms with van der Waals surface area (Å²) in [5, 5.41) is 21.0. The van der Waals surface area contributed by atoms with E-state index in [1.165, 1.54) is 0 Å². The lowest BCUT2D eigenvalue weighted by Gasteiger charge is -2.27. The van der Waals surface area contributed by atoms with Gasteiger partial charge in [0.2, 0.25) is 0 Å². The van der Waals surface area contributed by atoms with Crippen LogP contribution >= 0.6 is 0 Å². The molecule has 2 heterocycles. The second-order valence-electron chi connectivity index (χ2n) is 3.80. The van der Waals surface area contributed by atoms with Crippen molar-refractivity contribution in [3.05, 3.63) is 48.0 Å². The maximum absolute atomic E-state index is 9.23. The Labute approximate surface area is 94.9 Å². The quantitative estimate of drug-likeness (QED) is 0.629. The zero-order valence-electron chi connectivity index (χ0n) is 9.00. The lowest BCUT2D eigenvalue weighted by Crippen LogP contribution is -2.31. The molecular weight excluding hydrogens is 204 g/mol. The molecule has 0 saturated carbocycles. The zero-order chi connectivity index (χ0) is 11.4. The molecule has 4 nitrogen and oxygen atoms in total. The molecule has 2 aliphatic rings. The van der Waals surface area contributed by atoms with Gasteiger partial charge in [-0.15, -0.1) is 0 Å². The van der Waals surface area contributed by atoms with E-state index in [2.05, 4.69) is 16.3 Å². The van der Waals surface area contributed by atoms with Crippen molar-refractivity contribution in [2.75, 3.05) is 19.7 Å². The molecule has 0 aromatic heterocycles. The molecule has 0 aliphatic carbocycles. The third-order valence-electron chi connectivity index (χ3n) is 2.54. The van der Waals surface area contributed by atoms with Crippen LogP contribution in [0.5, 0.6) is 0 Å². The van der Waals surface area contributed by atoms with Crippen molar-refractivity contribution < 1.29 is 10.2 Å². The minimum atomic E-state index is -0.709. The lowest BCUT2D eigenvalue weighted by molar-refractivity contribution is 0.0967. The van der Waals surface area contributed by atoms with Crippen molar-refractivity contribution in [2.24, 2.45) is 0 Å². The highest BCUT2D eigenvalue weighted by molar-refractivity contribution is 5.37. The van der Waals surface area contributed by atoms with Gasteiger partial charge in [-0.25, -0.2) is 0 Å². The predicted molar refractivity (Wildman–Crippen MR) is 62.2 cm³/mol. The third-order valence-corrected chi connectivity index (χ3v) is 2.54. The Morgan fingerprint density at radius 1 is 1.44 bits per heavy atom. The minimum Gasteiger partial charge on any atom is -0.394 e. The number of hydrogen-bond acceptors (Lipinski definition) is 4. The molecule has 4 heteroatoms. The number of fused-ring (bicyclic) bond motifs is 1. The summed E-state index contributed by atoms with van der Waals surface area (Å²) in [5.74, 6) is 0. The van der Waals surface area contributed by atoms with Crippen molar-refractivity contribution >= 4 is 0 Å². The fourth-order valence-corrected chi connectivity index (χ4v) is 1.63. The number of allylic oxidation sites excluding steroid dienone is 4. The maximum Gasteiger partial charge on any atom is 0.0942 e. The molecule has 0 spiro atoms. The van der Waals surface area contributed by atoms with Crippen LogP contribution in [-0.4, -0.2) is 40.9 Å². The molecule has 3 N–H and O–H groups in total. The molecule has 2 aliphatic heterocycles.